The Balaban J connectivity index is 1.85. The first-order valence-corrected chi connectivity index (χ1v) is 9.36. The van der Waals surface area contributed by atoms with E-state index in [1.165, 1.54) is 18.2 Å². The number of carbonyl (C=O) groups excluding carboxylic acids is 2. The molecule has 0 aliphatic heterocycles. The van der Waals surface area contributed by atoms with E-state index in [1.807, 2.05) is 0 Å². The molecule has 1 aromatic rings. The zero-order chi connectivity index (χ0) is 20.2. The highest BCUT2D eigenvalue weighted by atomic mass is 35.5. The quantitative estimate of drug-likeness (QED) is 0.446. The Labute approximate surface area is 163 Å². The van der Waals surface area contributed by atoms with Crippen LogP contribution >= 0.6 is 11.6 Å². The van der Waals surface area contributed by atoms with Crippen molar-refractivity contribution in [2.75, 3.05) is 11.9 Å². The summed E-state index contributed by atoms with van der Waals surface area (Å²) in [4.78, 5) is 34.6. The van der Waals surface area contributed by atoms with Gasteiger partial charge in [0.1, 0.15) is 5.69 Å². The molecule has 148 valence electrons. The second-order valence-electron chi connectivity index (χ2n) is 7.99. The van der Waals surface area contributed by atoms with Gasteiger partial charge in [0, 0.05) is 11.1 Å². The van der Waals surface area contributed by atoms with Crippen molar-refractivity contribution < 1.29 is 19.2 Å². The van der Waals surface area contributed by atoms with Crippen molar-refractivity contribution in [3.8, 4) is 0 Å². The maximum atomic E-state index is 12.2. The fourth-order valence-electron chi connectivity index (χ4n) is 3.40. The van der Waals surface area contributed by atoms with Crippen LogP contribution in [-0.4, -0.2) is 23.4 Å². The van der Waals surface area contributed by atoms with Crippen molar-refractivity contribution in [2.24, 2.45) is 17.3 Å². The maximum absolute atomic E-state index is 12.2. The number of hydrogen-bond donors (Lipinski definition) is 1. The SMILES string of the molecule is CC(C)(C)C1CCC(C(=O)OCC(=O)Nc2cc(Cl)ccc2[N+](=O)[O-])CC1. The number of benzene rings is 1. The lowest BCUT2D eigenvalue weighted by atomic mass is 9.70. The molecule has 7 nitrogen and oxygen atoms in total. The fraction of sp³-hybridized carbons (Fsp3) is 0.579. The third-order valence-electron chi connectivity index (χ3n) is 5.06. The van der Waals surface area contributed by atoms with Gasteiger partial charge in [-0.3, -0.25) is 19.7 Å². The number of nitro benzene ring substituents is 1. The number of esters is 1. The van der Waals surface area contributed by atoms with E-state index in [2.05, 4.69) is 26.1 Å². The van der Waals surface area contributed by atoms with Gasteiger partial charge in [-0.15, -0.1) is 0 Å². The second kappa shape index (κ2) is 8.69. The van der Waals surface area contributed by atoms with Crippen LogP contribution in [0, 0.1) is 27.4 Å². The number of nitrogens with one attached hydrogen (secondary N) is 1. The van der Waals surface area contributed by atoms with Gasteiger partial charge in [-0.25, -0.2) is 0 Å². The third-order valence-corrected chi connectivity index (χ3v) is 5.30. The molecule has 0 spiro atoms. The van der Waals surface area contributed by atoms with Crippen LogP contribution in [0.4, 0.5) is 11.4 Å². The van der Waals surface area contributed by atoms with Gasteiger partial charge in [0.2, 0.25) is 0 Å². The molecule has 2 rings (SSSR count). The standard InChI is InChI=1S/C19H25ClN2O5/c1-19(2,3)13-6-4-12(5-7-13)18(24)27-11-17(23)21-15-10-14(20)8-9-16(15)22(25)26/h8-10,12-13H,4-7,11H2,1-3H3,(H,21,23). The van der Waals surface area contributed by atoms with Crippen LogP contribution in [0.1, 0.15) is 46.5 Å². The summed E-state index contributed by atoms with van der Waals surface area (Å²) in [5.41, 5.74) is -0.0840. The lowest BCUT2D eigenvalue weighted by Gasteiger charge is -2.36. The lowest BCUT2D eigenvalue weighted by Crippen LogP contribution is -2.31. The normalized spacial score (nSPS) is 20.0. The molecule has 1 N–H and O–H groups in total. The number of nitrogens with zero attached hydrogens (tertiary/aromatic N) is 1. The van der Waals surface area contributed by atoms with E-state index in [9.17, 15) is 19.7 Å². The van der Waals surface area contributed by atoms with Crippen molar-refractivity contribution >= 4 is 34.9 Å². The minimum absolute atomic E-state index is 0.0285. The Bertz CT molecular complexity index is 721. The number of carbonyl (C=O) groups is 2. The Hall–Kier alpha value is -2.15. The maximum Gasteiger partial charge on any atom is 0.309 e. The van der Waals surface area contributed by atoms with Gasteiger partial charge in [0.15, 0.2) is 6.61 Å². The molecule has 1 fully saturated rings. The van der Waals surface area contributed by atoms with Crippen LogP contribution in [0.5, 0.6) is 0 Å². The van der Waals surface area contributed by atoms with Crippen molar-refractivity contribution in [2.45, 2.75) is 46.5 Å². The number of amides is 1. The van der Waals surface area contributed by atoms with E-state index in [1.54, 1.807) is 0 Å². The predicted octanol–water partition coefficient (Wildman–Crippen LogP) is 4.58. The molecule has 8 heteroatoms. The minimum atomic E-state index is -0.642. The minimum Gasteiger partial charge on any atom is -0.455 e. The predicted molar refractivity (Wildman–Crippen MR) is 103 cm³/mol. The van der Waals surface area contributed by atoms with Crippen LogP contribution in [0.3, 0.4) is 0 Å². The van der Waals surface area contributed by atoms with Crippen molar-refractivity contribution in [1.82, 2.24) is 0 Å². The summed E-state index contributed by atoms with van der Waals surface area (Å²) in [6.07, 6.45) is 3.43. The van der Waals surface area contributed by atoms with E-state index >= 15 is 0 Å². The van der Waals surface area contributed by atoms with Crippen LogP contribution in [-0.2, 0) is 14.3 Å². The van der Waals surface area contributed by atoms with Gasteiger partial charge in [0.05, 0.1) is 10.8 Å². The van der Waals surface area contributed by atoms with Gasteiger partial charge in [-0.2, -0.15) is 0 Å². The molecule has 1 aromatic carbocycles. The zero-order valence-corrected chi connectivity index (χ0v) is 16.5. The monoisotopic (exact) mass is 396 g/mol. The number of rotatable bonds is 5. The highest BCUT2D eigenvalue weighted by Gasteiger charge is 2.33. The van der Waals surface area contributed by atoms with Gasteiger partial charge in [0.25, 0.3) is 11.6 Å². The largest absolute Gasteiger partial charge is 0.455 e. The Morgan fingerprint density at radius 1 is 1.26 bits per heavy atom. The first-order valence-electron chi connectivity index (χ1n) is 8.98. The first kappa shape index (κ1) is 21.2. The zero-order valence-electron chi connectivity index (χ0n) is 15.8. The molecule has 1 amide bonds. The van der Waals surface area contributed by atoms with Crippen LogP contribution in [0.25, 0.3) is 0 Å². The molecule has 1 aliphatic rings. The topological polar surface area (TPSA) is 98.5 Å². The number of nitro groups is 1. The summed E-state index contributed by atoms with van der Waals surface area (Å²) in [6.45, 7) is 6.13. The van der Waals surface area contributed by atoms with Crippen molar-refractivity contribution in [3.63, 3.8) is 0 Å². The summed E-state index contributed by atoms with van der Waals surface area (Å²) in [5, 5.41) is 13.6. The third kappa shape index (κ3) is 5.92. The summed E-state index contributed by atoms with van der Waals surface area (Å²) < 4.78 is 5.11. The molecular weight excluding hydrogens is 372 g/mol. The number of hydrogen-bond acceptors (Lipinski definition) is 5. The van der Waals surface area contributed by atoms with E-state index in [4.69, 9.17) is 16.3 Å². The molecule has 0 aromatic heterocycles. The van der Waals surface area contributed by atoms with Crippen LogP contribution in [0.15, 0.2) is 18.2 Å². The van der Waals surface area contributed by atoms with E-state index in [0.29, 0.717) is 5.92 Å². The van der Waals surface area contributed by atoms with Gasteiger partial charge in [-0.05, 0) is 49.1 Å². The summed E-state index contributed by atoms with van der Waals surface area (Å²) >= 11 is 5.82. The van der Waals surface area contributed by atoms with Gasteiger partial charge in [-0.1, -0.05) is 32.4 Å². The first-order chi connectivity index (χ1) is 12.6. The fourth-order valence-corrected chi connectivity index (χ4v) is 3.58. The smallest absolute Gasteiger partial charge is 0.309 e. The molecule has 0 saturated heterocycles. The second-order valence-corrected chi connectivity index (χ2v) is 8.43. The summed E-state index contributed by atoms with van der Waals surface area (Å²) in [5.74, 6) is -0.652. The molecule has 0 bridgehead atoms. The molecule has 0 unspecified atom stereocenters. The Morgan fingerprint density at radius 2 is 1.89 bits per heavy atom. The Morgan fingerprint density at radius 3 is 2.44 bits per heavy atom. The number of ether oxygens (including phenoxy) is 1. The average molecular weight is 397 g/mol. The van der Waals surface area contributed by atoms with E-state index in [-0.39, 0.29) is 27.7 Å². The highest BCUT2D eigenvalue weighted by molar-refractivity contribution is 6.31. The van der Waals surface area contributed by atoms with Crippen molar-refractivity contribution in [3.05, 3.63) is 33.3 Å². The van der Waals surface area contributed by atoms with Crippen LogP contribution < -0.4 is 5.32 Å². The molecule has 0 radical (unpaired) electrons. The lowest BCUT2D eigenvalue weighted by molar-refractivity contribution is -0.383. The van der Waals surface area contributed by atoms with Gasteiger partial charge >= 0.3 is 5.97 Å². The summed E-state index contributed by atoms with van der Waals surface area (Å²) in [7, 11) is 0. The molecule has 0 heterocycles. The molecule has 0 atom stereocenters. The van der Waals surface area contributed by atoms with E-state index in [0.717, 1.165) is 25.7 Å². The average Bonchev–Trinajstić information content (AvgIpc) is 2.59. The van der Waals surface area contributed by atoms with Crippen LogP contribution in [0.2, 0.25) is 5.02 Å². The molecule has 27 heavy (non-hydrogen) atoms. The van der Waals surface area contributed by atoms with E-state index < -0.39 is 23.4 Å². The van der Waals surface area contributed by atoms with Gasteiger partial charge < -0.3 is 10.1 Å². The summed E-state index contributed by atoms with van der Waals surface area (Å²) in [6, 6.07) is 3.86. The number of halogens is 1. The molecular formula is C19H25ClN2O5. The number of anilines is 1. The highest BCUT2D eigenvalue weighted by Crippen LogP contribution is 2.40. The molecule has 1 saturated carbocycles. The van der Waals surface area contributed by atoms with Crippen molar-refractivity contribution in [1.29, 1.82) is 0 Å². The Kier molecular flexibility index (Phi) is 6.81. The molecule has 1 aliphatic carbocycles.